The maximum atomic E-state index is 12.7. The van der Waals surface area contributed by atoms with Crippen molar-refractivity contribution in [2.45, 2.75) is 18.0 Å². The van der Waals surface area contributed by atoms with E-state index in [0.29, 0.717) is 0 Å². The number of hydrogen-bond donors (Lipinski definition) is 1. The molecule has 0 saturated carbocycles. The zero-order chi connectivity index (χ0) is 22.5. The highest BCUT2D eigenvalue weighted by molar-refractivity contribution is 7.89. The summed E-state index contributed by atoms with van der Waals surface area (Å²) in [6.45, 7) is 1.38. The lowest BCUT2D eigenvalue weighted by Crippen LogP contribution is -2.24. The summed E-state index contributed by atoms with van der Waals surface area (Å²) in [7, 11) is -1.12. The summed E-state index contributed by atoms with van der Waals surface area (Å²) >= 11 is 0. The lowest BCUT2D eigenvalue weighted by Gasteiger charge is -2.17. The van der Waals surface area contributed by atoms with E-state index in [1.54, 1.807) is 6.92 Å². The molecule has 0 aromatic heterocycles. The van der Waals surface area contributed by atoms with Crippen molar-refractivity contribution >= 4 is 21.6 Å². The molecule has 0 unspecified atom stereocenters. The Morgan fingerprint density at radius 2 is 1.80 bits per heavy atom. The van der Waals surface area contributed by atoms with E-state index < -0.39 is 34.3 Å². The minimum absolute atomic E-state index is 0.123. The van der Waals surface area contributed by atoms with Crippen LogP contribution in [-0.4, -0.2) is 45.9 Å². The molecule has 0 aliphatic heterocycles. The number of carbonyl (C=O) groups is 1. The SMILES string of the molecule is CCOc1ccc(NC(=O)COc2cccc(C(F)(F)F)c2)cc1S(=O)(=O)N(C)C. The molecular formula is C19H21F3N2O5S. The van der Waals surface area contributed by atoms with Crippen molar-refractivity contribution in [1.29, 1.82) is 0 Å². The summed E-state index contributed by atoms with van der Waals surface area (Å²) in [5, 5.41) is 2.45. The van der Waals surface area contributed by atoms with Gasteiger partial charge in [0.1, 0.15) is 16.4 Å². The average Bonchev–Trinajstić information content (AvgIpc) is 2.67. The fourth-order valence-corrected chi connectivity index (χ4v) is 3.42. The third-order valence-electron chi connectivity index (χ3n) is 3.82. The van der Waals surface area contributed by atoms with Gasteiger partial charge in [-0.2, -0.15) is 13.2 Å². The van der Waals surface area contributed by atoms with E-state index in [9.17, 15) is 26.4 Å². The Balaban J connectivity index is 2.14. The van der Waals surface area contributed by atoms with Crippen LogP contribution in [0.4, 0.5) is 18.9 Å². The number of hydrogen-bond acceptors (Lipinski definition) is 5. The minimum atomic E-state index is -4.53. The van der Waals surface area contributed by atoms with Crippen molar-refractivity contribution < 1.29 is 35.9 Å². The van der Waals surface area contributed by atoms with E-state index in [-0.39, 0.29) is 28.7 Å². The number of amides is 1. The number of alkyl halides is 3. The zero-order valence-corrected chi connectivity index (χ0v) is 17.3. The second-order valence-electron chi connectivity index (χ2n) is 6.24. The molecular weight excluding hydrogens is 425 g/mol. The Morgan fingerprint density at radius 1 is 1.10 bits per heavy atom. The second kappa shape index (κ2) is 9.35. The van der Waals surface area contributed by atoms with Crippen LogP contribution in [0.5, 0.6) is 11.5 Å². The predicted molar refractivity (Wildman–Crippen MR) is 104 cm³/mol. The summed E-state index contributed by atoms with van der Waals surface area (Å²) in [4.78, 5) is 12.0. The quantitative estimate of drug-likeness (QED) is 0.672. The zero-order valence-electron chi connectivity index (χ0n) is 16.5. The first-order valence-corrected chi connectivity index (χ1v) is 10.2. The molecule has 7 nitrogen and oxygen atoms in total. The van der Waals surface area contributed by atoms with E-state index >= 15 is 0 Å². The summed E-state index contributed by atoms with van der Waals surface area (Å²) in [6, 6.07) is 8.22. The smallest absolute Gasteiger partial charge is 0.416 e. The van der Waals surface area contributed by atoms with Crippen LogP contribution in [0.3, 0.4) is 0 Å². The standard InChI is InChI=1S/C19H21F3N2O5S/c1-4-28-16-9-8-14(11-17(16)30(26,27)24(2)3)23-18(25)12-29-15-7-5-6-13(10-15)19(20,21)22/h5-11H,4,12H2,1-3H3,(H,23,25). The van der Waals surface area contributed by atoms with Gasteiger partial charge in [-0.1, -0.05) is 6.07 Å². The molecule has 0 aliphatic carbocycles. The highest BCUT2D eigenvalue weighted by Crippen LogP contribution is 2.31. The van der Waals surface area contributed by atoms with Gasteiger partial charge >= 0.3 is 6.18 Å². The highest BCUT2D eigenvalue weighted by atomic mass is 32.2. The van der Waals surface area contributed by atoms with Crippen molar-refractivity contribution in [1.82, 2.24) is 4.31 Å². The van der Waals surface area contributed by atoms with Crippen LogP contribution in [0.2, 0.25) is 0 Å². The van der Waals surface area contributed by atoms with Crippen molar-refractivity contribution in [3.63, 3.8) is 0 Å². The molecule has 2 aromatic rings. The molecule has 0 heterocycles. The van der Waals surface area contributed by atoms with Gasteiger partial charge in [-0.3, -0.25) is 4.79 Å². The molecule has 1 N–H and O–H groups in total. The second-order valence-corrected chi connectivity index (χ2v) is 8.36. The number of nitrogens with zero attached hydrogens (tertiary/aromatic N) is 1. The van der Waals surface area contributed by atoms with Crippen LogP contribution >= 0.6 is 0 Å². The Morgan fingerprint density at radius 3 is 2.40 bits per heavy atom. The van der Waals surface area contributed by atoms with Crippen LogP contribution in [0.25, 0.3) is 0 Å². The Bertz CT molecular complexity index is 1010. The van der Waals surface area contributed by atoms with Gasteiger partial charge in [0.25, 0.3) is 5.91 Å². The number of ether oxygens (including phenoxy) is 2. The normalized spacial score (nSPS) is 12.0. The van der Waals surface area contributed by atoms with Gasteiger partial charge in [-0.05, 0) is 43.3 Å². The van der Waals surface area contributed by atoms with Crippen LogP contribution in [0, 0.1) is 0 Å². The molecule has 0 radical (unpaired) electrons. The van der Waals surface area contributed by atoms with Crippen molar-refractivity contribution in [3.8, 4) is 11.5 Å². The molecule has 0 saturated heterocycles. The number of halogens is 3. The van der Waals surface area contributed by atoms with E-state index in [1.807, 2.05) is 0 Å². The van der Waals surface area contributed by atoms with E-state index in [2.05, 4.69) is 5.32 Å². The van der Waals surface area contributed by atoms with Crippen LogP contribution in [0.15, 0.2) is 47.4 Å². The fraction of sp³-hybridized carbons (Fsp3) is 0.316. The molecule has 2 aromatic carbocycles. The Kier molecular flexibility index (Phi) is 7.32. The molecule has 1 amide bonds. The van der Waals surface area contributed by atoms with Crippen molar-refractivity contribution in [3.05, 3.63) is 48.0 Å². The molecule has 0 atom stereocenters. The number of rotatable bonds is 8. The van der Waals surface area contributed by atoms with Crippen LogP contribution in [-0.2, 0) is 21.0 Å². The maximum absolute atomic E-state index is 12.7. The first-order chi connectivity index (χ1) is 13.9. The summed E-state index contributed by atoms with van der Waals surface area (Å²) in [6.07, 6.45) is -4.53. The number of benzene rings is 2. The van der Waals surface area contributed by atoms with Crippen molar-refractivity contribution in [2.24, 2.45) is 0 Å². The summed E-state index contributed by atoms with van der Waals surface area (Å²) in [5.41, 5.74) is -0.734. The van der Waals surface area contributed by atoms with E-state index in [0.717, 1.165) is 16.4 Å². The number of anilines is 1. The Labute approximate surface area is 172 Å². The topological polar surface area (TPSA) is 84.9 Å². The fourth-order valence-electron chi connectivity index (χ4n) is 2.37. The molecule has 0 bridgehead atoms. The average molecular weight is 446 g/mol. The van der Waals surface area contributed by atoms with Gasteiger partial charge in [-0.25, -0.2) is 12.7 Å². The lowest BCUT2D eigenvalue weighted by molar-refractivity contribution is -0.137. The molecule has 0 fully saturated rings. The number of carbonyl (C=O) groups excluding carboxylic acids is 1. The first-order valence-electron chi connectivity index (χ1n) is 8.74. The Hall–Kier alpha value is -2.79. The third kappa shape index (κ3) is 5.86. The van der Waals surface area contributed by atoms with Gasteiger partial charge in [0.2, 0.25) is 10.0 Å². The predicted octanol–water partition coefficient (Wildman–Crippen LogP) is 3.37. The monoisotopic (exact) mass is 446 g/mol. The maximum Gasteiger partial charge on any atom is 0.416 e. The minimum Gasteiger partial charge on any atom is -0.492 e. The molecule has 0 aliphatic rings. The van der Waals surface area contributed by atoms with Gasteiger partial charge in [0.05, 0.1) is 12.2 Å². The number of sulfonamides is 1. The summed E-state index contributed by atoms with van der Waals surface area (Å²) < 4.78 is 74.7. The largest absolute Gasteiger partial charge is 0.492 e. The van der Waals surface area contributed by atoms with Gasteiger partial charge < -0.3 is 14.8 Å². The van der Waals surface area contributed by atoms with Crippen LogP contribution < -0.4 is 14.8 Å². The van der Waals surface area contributed by atoms with E-state index in [4.69, 9.17) is 9.47 Å². The highest BCUT2D eigenvalue weighted by Gasteiger charge is 2.30. The van der Waals surface area contributed by atoms with Crippen molar-refractivity contribution in [2.75, 3.05) is 32.6 Å². The summed E-state index contributed by atoms with van der Waals surface area (Å²) in [5.74, 6) is -0.670. The van der Waals surface area contributed by atoms with Gasteiger partial charge in [0, 0.05) is 19.8 Å². The lowest BCUT2D eigenvalue weighted by atomic mass is 10.2. The van der Waals surface area contributed by atoms with E-state index in [1.165, 1.54) is 44.4 Å². The number of nitrogens with one attached hydrogen (secondary N) is 1. The molecule has 2 rings (SSSR count). The van der Waals surface area contributed by atoms with Gasteiger partial charge in [0.15, 0.2) is 6.61 Å². The molecule has 164 valence electrons. The molecule has 30 heavy (non-hydrogen) atoms. The first kappa shape index (κ1) is 23.5. The third-order valence-corrected chi connectivity index (χ3v) is 5.65. The van der Waals surface area contributed by atoms with Gasteiger partial charge in [-0.15, -0.1) is 0 Å². The molecule has 0 spiro atoms. The molecule has 11 heteroatoms. The van der Waals surface area contributed by atoms with Crippen LogP contribution in [0.1, 0.15) is 12.5 Å².